The molecule has 8 heteroatoms. The van der Waals surface area contributed by atoms with E-state index >= 15 is 0 Å². The number of aliphatic carboxylic acids is 1. The van der Waals surface area contributed by atoms with Crippen molar-refractivity contribution >= 4 is 16.1 Å². The molecule has 0 unspecified atom stereocenters. The summed E-state index contributed by atoms with van der Waals surface area (Å²) in [7, 11) is -3.70. The van der Waals surface area contributed by atoms with E-state index in [4.69, 9.17) is 18.8 Å². The smallest absolute Gasteiger partial charge is 0.331 e. The molecule has 0 aromatic heterocycles. The number of fused-ring (bicyclic) bond motifs is 1. The third-order valence-corrected chi connectivity index (χ3v) is 3.49. The van der Waals surface area contributed by atoms with Gasteiger partial charge in [0.2, 0.25) is 0 Å². The van der Waals surface area contributed by atoms with Crippen LogP contribution >= 0.6 is 0 Å². The first-order valence-electron chi connectivity index (χ1n) is 5.75. The summed E-state index contributed by atoms with van der Waals surface area (Å²) in [5, 5.41) is 9.03. The van der Waals surface area contributed by atoms with E-state index in [1.165, 1.54) is 6.08 Å². The van der Waals surface area contributed by atoms with Crippen LogP contribution in [-0.2, 0) is 28.6 Å². The lowest BCUT2D eigenvalue weighted by Gasteiger charge is -2.28. The summed E-state index contributed by atoms with van der Waals surface area (Å²) in [6, 6.07) is 0. The molecule has 2 aliphatic rings. The fraction of sp³-hybridized carbons (Fsp3) is 0.727. The van der Waals surface area contributed by atoms with Crippen LogP contribution in [0.1, 0.15) is 20.3 Å². The number of hydrogen-bond donors (Lipinski definition) is 1. The van der Waals surface area contributed by atoms with Crippen molar-refractivity contribution < 1.29 is 32.0 Å². The first-order chi connectivity index (χ1) is 8.57. The maximum atomic E-state index is 11.2. The maximum Gasteiger partial charge on any atom is 0.331 e. The van der Waals surface area contributed by atoms with E-state index < -0.39 is 40.2 Å². The number of carbonyl (C=O) groups is 1. The van der Waals surface area contributed by atoms with Gasteiger partial charge < -0.3 is 14.6 Å². The van der Waals surface area contributed by atoms with Gasteiger partial charge in [0.15, 0.2) is 5.79 Å². The topological polar surface area (TPSA) is 99.1 Å². The maximum absolute atomic E-state index is 11.2. The lowest BCUT2D eigenvalue weighted by molar-refractivity contribution is -0.150. The van der Waals surface area contributed by atoms with Crippen LogP contribution < -0.4 is 0 Å². The zero-order valence-electron chi connectivity index (χ0n) is 10.8. The third-order valence-electron chi connectivity index (χ3n) is 2.89. The average molecular weight is 292 g/mol. The molecule has 1 aliphatic carbocycles. The highest BCUT2D eigenvalue weighted by Gasteiger charge is 2.48. The summed E-state index contributed by atoms with van der Waals surface area (Å²) in [5.74, 6) is -2.02. The molecule has 1 fully saturated rings. The molecule has 0 spiro atoms. The second-order valence-corrected chi connectivity index (χ2v) is 6.71. The number of carboxylic acids is 1. The Morgan fingerprint density at radius 1 is 1.47 bits per heavy atom. The Morgan fingerprint density at radius 3 is 2.63 bits per heavy atom. The SMILES string of the molecule is CC1(C)O[C@H]2[C@@H](OS(C)(=O)=O)CC(C(=O)O)=C[C@H]2O1. The van der Waals surface area contributed by atoms with E-state index in [1.807, 2.05) is 0 Å². The molecular weight excluding hydrogens is 276 g/mol. The van der Waals surface area contributed by atoms with Gasteiger partial charge in [0.1, 0.15) is 18.3 Å². The van der Waals surface area contributed by atoms with Gasteiger partial charge in [-0.2, -0.15) is 8.42 Å². The number of hydrogen-bond acceptors (Lipinski definition) is 6. The Kier molecular flexibility index (Phi) is 3.46. The number of ether oxygens (including phenoxy) is 2. The standard InChI is InChI=1S/C11H16O7S/c1-11(2)16-7-4-6(10(12)13)5-8(9(7)17-11)18-19(3,14)15/h4,7-9H,5H2,1-3H3,(H,12,13)/t7-,8+,9-/m1/s1. The predicted molar refractivity (Wildman–Crippen MR) is 63.9 cm³/mol. The van der Waals surface area contributed by atoms with Crippen molar-refractivity contribution in [3.63, 3.8) is 0 Å². The highest BCUT2D eigenvalue weighted by atomic mass is 32.2. The van der Waals surface area contributed by atoms with Gasteiger partial charge in [-0.3, -0.25) is 4.18 Å². The highest BCUT2D eigenvalue weighted by molar-refractivity contribution is 7.86. The Hall–Kier alpha value is -0.960. The van der Waals surface area contributed by atoms with Crippen molar-refractivity contribution in [3.8, 4) is 0 Å². The average Bonchev–Trinajstić information content (AvgIpc) is 2.49. The number of carboxylic acid groups (broad SMARTS) is 1. The Morgan fingerprint density at radius 2 is 2.11 bits per heavy atom. The molecule has 7 nitrogen and oxygen atoms in total. The molecular formula is C11H16O7S. The van der Waals surface area contributed by atoms with Gasteiger partial charge in [0.25, 0.3) is 10.1 Å². The van der Waals surface area contributed by atoms with Gasteiger partial charge in [0.05, 0.1) is 6.26 Å². The van der Waals surface area contributed by atoms with Gasteiger partial charge in [-0.1, -0.05) is 0 Å². The van der Waals surface area contributed by atoms with E-state index in [9.17, 15) is 13.2 Å². The van der Waals surface area contributed by atoms with Crippen LogP contribution in [0.4, 0.5) is 0 Å². The summed E-state index contributed by atoms with van der Waals surface area (Å²) in [6.07, 6.45) is 0.182. The van der Waals surface area contributed by atoms with Gasteiger partial charge >= 0.3 is 5.97 Å². The first kappa shape index (κ1) is 14.4. The highest BCUT2D eigenvalue weighted by Crippen LogP contribution is 2.37. The molecule has 1 N–H and O–H groups in total. The van der Waals surface area contributed by atoms with E-state index in [0.717, 1.165) is 6.26 Å². The molecule has 2 rings (SSSR count). The molecule has 1 aliphatic heterocycles. The van der Waals surface area contributed by atoms with Crippen LogP contribution in [0.15, 0.2) is 11.6 Å². The van der Waals surface area contributed by atoms with E-state index in [0.29, 0.717) is 0 Å². The molecule has 108 valence electrons. The minimum absolute atomic E-state index is 0.0387. The minimum Gasteiger partial charge on any atom is -0.478 e. The third kappa shape index (κ3) is 3.33. The van der Waals surface area contributed by atoms with Crippen molar-refractivity contribution in [3.05, 3.63) is 11.6 Å². The summed E-state index contributed by atoms with van der Waals surface area (Å²) in [5.41, 5.74) is 0.0659. The van der Waals surface area contributed by atoms with Gasteiger partial charge in [-0.05, 0) is 19.9 Å². The molecule has 3 atom stereocenters. The minimum atomic E-state index is -3.70. The summed E-state index contributed by atoms with van der Waals surface area (Å²) in [6.45, 7) is 3.36. The van der Waals surface area contributed by atoms with Crippen molar-refractivity contribution in [1.29, 1.82) is 0 Å². The normalized spacial score (nSPS) is 33.6. The predicted octanol–water partition coefficient (Wildman–Crippen LogP) is 0.266. The van der Waals surface area contributed by atoms with Gasteiger partial charge in [0, 0.05) is 12.0 Å². The van der Waals surface area contributed by atoms with Crippen molar-refractivity contribution in [2.75, 3.05) is 6.26 Å². The largest absolute Gasteiger partial charge is 0.478 e. The first-order valence-corrected chi connectivity index (χ1v) is 7.57. The van der Waals surface area contributed by atoms with Crippen molar-refractivity contribution in [1.82, 2.24) is 0 Å². The second kappa shape index (κ2) is 4.55. The molecule has 0 radical (unpaired) electrons. The Balaban J connectivity index is 2.29. The second-order valence-electron chi connectivity index (χ2n) is 5.10. The quantitative estimate of drug-likeness (QED) is 0.745. The number of rotatable bonds is 3. The molecule has 1 heterocycles. The lowest BCUT2D eigenvalue weighted by Crippen LogP contribution is -2.42. The van der Waals surface area contributed by atoms with Crippen LogP contribution in [0.25, 0.3) is 0 Å². The zero-order valence-corrected chi connectivity index (χ0v) is 11.6. The van der Waals surface area contributed by atoms with E-state index in [1.54, 1.807) is 13.8 Å². The van der Waals surface area contributed by atoms with Crippen LogP contribution in [0.3, 0.4) is 0 Å². The fourth-order valence-corrected chi connectivity index (χ4v) is 2.93. The Labute approximate surface area is 111 Å². The zero-order chi connectivity index (χ0) is 14.4. The van der Waals surface area contributed by atoms with Gasteiger partial charge in [-0.25, -0.2) is 4.79 Å². The summed E-state index contributed by atoms with van der Waals surface area (Å²) < 4.78 is 38.5. The molecule has 19 heavy (non-hydrogen) atoms. The van der Waals surface area contributed by atoms with Crippen LogP contribution in [0, 0.1) is 0 Å². The lowest BCUT2D eigenvalue weighted by atomic mass is 9.92. The molecule has 0 saturated carbocycles. The van der Waals surface area contributed by atoms with Gasteiger partial charge in [-0.15, -0.1) is 0 Å². The van der Waals surface area contributed by atoms with Crippen LogP contribution in [0.2, 0.25) is 0 Å². The molecule has 0 aromatic carbocycles. The van der Waals surface area contributed by atoms with E-state index in [2.05, 4.69) is 0 Å². The van der Waals surface area contributed by atoms with E-state index in [-0.39, 0.29) is 12.0 Å². The Bertz CT molecular complexity index is 519. The molecule has 0 amide bonds. The summed E-state index contributed by atoms with van der Waals surface area (Å²) in [4.78, 5) is 11.0. The molecule has 0 bridgehead atoms. The molecule has 0 aromatic rings. The van der Waals surface area contributed by atoms with Crippen LogP contribution in [-0.4, -0.2) is 49.8 Å². The fourth-order valence-electron chi connectivity index (χ4n) is 2.30. The molecule has 1 saturated heterocycles. The monoisotopic (exact) mass is 292 g/mol. The van der Waals surface area contributed by atoms with Crippen molar-refractivity contribution in [2.45, 2.75) is 44.4 Å². The van der Waals surface area contributed by atoms with Crippen molar-refractivity contribution in [2.24, 2.45) is 0 Å². The summed E-state index contributed by atoms with van der Waals surface area (Å²) >= 11 is 0. The van der Waals surface area contributed by atoms with Crippen LogP contribution in [0.5, 0.6) is 0 Å².